The molecule has 0 aliphatic carbocycles. The second kappa shape index (κ2) is 16.5. The molecule has 2 N–H and O–H groups in total. The molecule has 9 nitrogen and oxygen atoms in total. The summed E-state index contributed by atoms with van der Waals surface area (Å²) in [6.45, 7) is 5.70. The van der Waals surface area contributed by atoms with Gasteiger partial charge in [-0.1, -0.05) is 25.4 Å². The number of likely N-dealkylation sites (N-methyl/N-ethyl adjacent to an activating group) is 1. The van der Waals surface area contributed by atoms with Crippen molar-refractivity contribution in [2.75, 3.05) is 46.8 Å². The smallest absolute Gasteiger partial charge is 0.409 e. The number of hydrogen-bond donors (Lipinski definition) is 2. The Balaban J connectivity index is 0.00000260. The molecule has 13 heteroatoms. The number of halogens is 3. The fourth-order valence-corrected chi connectivity index (χ4v) is 4.59. The van der Waals surface area contributed by atoms with Crippen molar-refractivity contribution in [2.45, 2.75) is 37.7 Å². The highest BCUT2D eigenvalue weighted by Crippen LogP contribution is 2.33. The molecule has 1 heterocycles. The van der Waals surface area contributed by atoms with Crippen molar-refractivity contribution in [3.05, 3.63) is 53.1 Å². The first-order valence-electron chi connectivity index (χ1n) is 12.5. The summed E-state index contributed by atoms with van der Waals surface area (Å²) in [6, 6.07) is 8.16. The van der Waals surface area contributed by atoms with Crippen LogP contribution in [0.3, 0.4) is 0 Å². The van der Waals surface area contributed by atoms with Gasteiger partial charge in [-0.25, -0.2) is 23.4 Å². The molecular weight excluding hydrogens is 554 g/mol. The molecule has 0 saturated carbocycles. The Labute approximate surface area is 237 Å². The minimum atomic E-state index is -0.942. The molecule has 0 aromatic heterocycles. The first-order valence-corrected chi connectivity index (χ1v) is 13.7. The van der Waals surface area contributed by atoms with E-state index in [1.54, 1.807) is 7.05 Å². The average molecular weight is 589 g/mol. The van der Waals surface area contributed by atoms with Gasteiger partial charge in [0.15, 0.2) is 17.4 Å². The van der Waals surface area contributed by atoms with Gasteiger partial charge in [-0.3, -0.25) is 10.0 Å². The standard InChI is InChI=1S/C24H29ClF2N4O5S.C2H6/c1-29-9-7-18(8-10-29)36-24(33)30(2)11-12-31(15-22(32)28-34)37-19-13-20(26)23(21(27)14-19)35-17-5-3-16(25)4-6-17;1-2/h3-6,13-14,18,34H,7-12,15H2,1-2H3,(H,28,32);1-2H3. The van der Waals surface area contributed by atoms with Crippen LogP contribution in [-0.4, -0.2) is 84.2 Å². The van der Waals surface area contributed by atoms with Gasteiger partial charge < -0.3 is 19.3 Å². The molecule has 1 aliphatic heterocycles. The normalized spacial score (nSPS) is 13.9. The van der Waals surface area contributed by atoms with Crippen LogP contribution in [0.4, 0.5) is 13.6 Å². The van der Waals surface area contributed by atoms with Crippen LogP contribution in [0.15, 0.2) is 41.3 Å². The van der Waals surface area contributed by atoms with Gasteiger partial charge in [-0.2, -0.15) is 0 Å². The van der Waals surface area contributed by atoms with Crippen molar-refractivity contribution < 1.29 is 33.1 Å². The number of nitrogens with one attached hydrogen (secondary N) is 1. The van der Waals surface area contributed by atoms with Crippen molar-refractivity contribution >= 4 is 35.5 Å². The van der Waals surface area contributed by atoms with Crippen molar-refractivity contribution in [1.29, 1.82) is 0 Å². The van der Waals surface area contributed by atoms with E-state index in [9.17, 15) is 18.4 Å². The Morgan fingerprint density at radius 2 is 1.72 bits per heavy atom. The molecule has 39 heavy (non-hydrogen) atoms. The SMILES string of the molecule is CC.CN1CCC(OC(=O)N(C)CCN(CC(=O)NO)Sc2cc(F)c(Oc3ccc(Cl)cc3)c(F)c2)CC1. The van der Waals surface area contributed by atoms with Crippen LogP contribution < -0.4 is 10.2 Å². The average Bonchev–Trinajstić information content (AvgIpc) is 2.92. The predicted octanol–water partition coefficient (Wildman–Crippen LogP) is 5.41. The largest absolute Gasteiger partial charge is 0.451 e. The molecular formula is C26H35ClF2N4O5S. The summed E-state index contributed by atoms with van der Waals surface area (Å²) in [5.41, 5.74) is 1.53. The summed E-state index contributed by atoms with van der Waals surface area (Å²) >= 11 is 6.71. The highest BCUT2D eigenvalue weighted by molar-refractivity contribution is 7.97. The first-order chi connectivity index (χ1) is 18.6. The molecule has 1 aliphatic rings. The zero-order valence-corrected chi connectivity index (χ0v) is 24.0. The maximum absolute atomic E-state index is 14.7. The van der Waals surface area contributed by atoms with E-state index in [0.29, 0.717) is 5.02 Å². The number of piperidine rings is 1. The van der Waals surface area contributed by atoms with E-state index in [-0.39, 0.29) is 36.4 Å². The fourth-order valence-electron chi connectivity index (χ4n) is 3.50. The number of carbonyl (C=O) groups is 2. The number of nitrogens with zero attached hydrogens (tertiary/aromatic N) is 3. The van der Waals surface area contributed by atoms with Crippen LogP contribution in [0.25, 0.3) is 0 Å². The lowest BCUT2D eigenvalue weighted by Gasteiger charge is -2.30. The Kier molecular flexibility index (Phi) is 13.7. The lowest BCUT2D eigenvalue weighted by atomic mass is 10.1. The number of rotatable bonds is 10. The molecule has 0 bridgehead atoms. The highest BCUT2D eigenvalue weighted by Gasteiger charge is 2.23. The van der Waals surface area contributed by atoms with Gasteiger partial charge >= 0.3 is 6.09 Å². The molecule has 0 radical (unpaired) electrons. The number of carbonyl (C=O) groups excluding carboxylic acids is 2. The van der Waals surface area contributed by atoms with Gasteiger partial charge in [0.25, 0.3) is 5.91 Å². The zero-order valence-electron chi connectivity index (χ0n) is 22.5. The molecule has 2 aromatic carbocycles. The molecule has 1 fully saturated rings. The van der Waals surface area contributed by atoms with E-state index in [1.165, 1.54) is 39.0 Å². The van der Waals surface area contributed by atoms with Gasteiger partial charge in [0.05, 0.1) is 6.54 Å². The molecule has 2 amide bonds. The van der Waals surface area contributed by atoms with Crippen molar-refractivity contribution in [1.82, 2.24) is 19.6 Å². The van der Waals surface area contributed by atoms with E-state index in [2.05, 4.69) is 4.90 Å². The van der Waals surface area contributed by atoms with Gasteiger partial charge in [0.1, 0.15) is 11.9 Å². The van der Waals surface area contributed by atoms with E-state index >= 15 is 0 Å². The molecule has 0 unspecified atom stereocenters. The van der Waals surface area contributed by atoms with Crippen LogP contribution in [-0.2, 0) is 9.53 Å². The summed E-state index contributed by atoms with van der Waals surface area (Å²) in [5.74, 6) is -2.99. The van der Waals surface area contributed by atoms with Crippen molar-refractivity contribution in [2.24, 2.45) is 0 Å². The molecule has 0 atom stereocenters. The summed E-state index contributed by atoms with van der Waals surface area (Å²) in [6.07, 6.45) is 0.857. The Hall–Kier alpha value is -2.64. The Bertz CT molecular complexity index is 1050. The second-order valence-corrected chi connectivity index (χ2v) is 10.2. The number of ether oxygens (including phenoxy) is 2. The number of amides is 2. The predicted molar refractivity (Wildman–Crippen MR) is 146 cm³/mol. The minimum absolute atomic E-state index is 0.142. The summed E-state index contributed by atoms with van der Waals surface area (Å²) in [7, 11) is 3.57. The number of benzene rings is 2. The van der Waals surface area contributed by atoms with E-state index in [0.717, 1.165) is 50.0 Å². The van der Waals surface area contributed by atoms with Crippen molar-refractivity contribution in [3.63, 3.8) is 0 Å². The number of hydrogen-bond acceptors (Lipinski definition) is 8. The van der Waals surface area contributed by atoms with Crippen LogP contribution in [0.5, 0.6) is 11.5 Å². The van der Waals surface area contributed by atoms with E-state index in [4.69, 9.17) is 26.3 Å². The third-order valence-electron chi connectivity index (χ3n) is 5.61. The molecule has 3 rings (SSSR count). The summed E-state index contributed by atoms with van der Waals surface area (Å²) < 4.78 is 41.7. The van der Waals surface area contributed by atoms with Gasteiger partial charge in [-0.15, -0.1) is 0 Å². The first kappa shape index (κ1) is 32.6. The van der Waals surface area contributed by atoms with Gasteiger partial charge in [-0.05, 0) is 68.2 Å². The molecule has 1 saturated heterocycles. The van der Waals surface area contributed by atoms with E-state index < -0.39 is 29.4 Å². The van der Waals surface area contributed by atoms with Crippen LogP contribution >= 0.6 is 23.5 Å². The number of hydroxylamine groups is 1. The molecule has 0 spiro atoms. The van der Waals surface area contributed by atoms with Crippen LogP contribution in [0.2, 0.25) is 5.02 Å². The molecule has 2 aromatic rings. The third kappa shape index (κ3) is 10.8. The van der Waals surface area contributed by atoms with Gasteiger partial charge in [0.2, 0.25) is 0 Å². The van der Waals surface area contributed by atoms with E-state index in [1.807, 2.05) is 20.9 Å². The third-order valence-corrected chi connectivity index (χ3v) is 6.88. The Morgan fingerprint density at radius 1 is 1.13 bits per heavy atom. The lowest BCUT2D eigenvalue weighted by Crippen LogP contribution is -2.41. The maximum Gasteiger partial charge on any atom is 0.409 e. The summed E-state index contributed by atoms with van der Waals surface area (Å²) in [5, 5.41) is 9.38. The van der Waals surface area contributed by atoms with Gasteiger partial charge in [0, 0.05) is 43.1 Å². The monoisotopic (exact) mass is 588 g/mol. The summed E-state index contributed by atoms with van der Waals surface area (Å²) in [4.78, 5) is 27.9. The van der Waals surface area contributed by atoms with Crippen molar-refractivity contribution in [3.8, 4) is 11.5 Å². The second-order valence-electron chi connectivity index (χ2n) is 8.57. The highest BCUT2D eigenvalue weighted by atomic mass is 35.5. The zero-order chi connectivity index (χ0) is 28.9. The quantitative estimate of drug-likeness (QED) is 0.216. The minimum Gasteiger partial charge on any atom is -0.451 e. The topological polar surface area (TPSA) is 94.6 Å². The fraction of sp³-hybridized carbons (Fsp3) is 0.462. The lowest BCUT2D eigenvalue weighted by molar-refractivity contribution is -0.129. The molecule has 216 valence electrons. The Morgan fingerprint density at radius 3 is 2.28 bits per heavy atom. The maximum atomic E-state index is 14.7. The number of likely N-dealkylation sites (tertiary alicyclic amines) is 1. The van der Waals surface area contributed by atoms with Crippen LogP contribution in [0, 0.1) is 11.6 Å². The van der Waals surface area contributed by atoms with Crippen LogP contribution in [0.1, 0.15) is 26.7 Å².